The number of nitrogens with zero attached hydrogens (tertiary/aromatic N) is 1. The Bertz CT molecular complexity index is 608. The standard InChI is InChI=1S/C15H21ClN2O3S/c1-12-7-10-18(11-8-12)15(19)6-9-17-22(20,21)14-4-2-13(16)3-5-14/h2-5,12,17H,6-11H2,1H3. The molecule has 1 fully saturated rings. The maximum atomic E-state index is 12.1. The zero-order valence-corrected chi connectivity index (χ0v) is 14.2. The maximum absolute atomic E-state index is 12.1. The highest BCUT2D eigenvalue weighted by molar-refractivity contribution is 7.89. The third-order valence-electron chi connectivity index (χ3n) is 3.89. The molecule has 1 N–H and O–H groups in total. The van der Waals surface area contributed by atoms with Gasteiger partial charge in [0.2, 0.25) is 15.9 Å². The molecule has 2 rings (SSSR count). The lowest BCUT2D eigenvalue weighted by Gasteiger charge is -2.30. The van der Waals surface area contributed by atoms with Crippen molar-refractivity contribution in [3.05, 3.63) is 29.3 Å². The van der Waals surface area contributed by atoms with Crippen LogP contribution in [-0.4, -0.2) is 38.9 Å². The molecule has 1 saturated heterocycles. The molecule has 1 heterocycles. The van der Waals surface area contributed by atoms with Crippen LogP contribution in [0.4, 0.5) is 0 Å². The third kappa shape index (κ3) is 4.69. The van der Waals surface area contributed by atoms with Crippen molar-refractivity contribution in [2.24, 2.45) is 5.92 Å². The largest absolute Gasteiger partial charge is 0.343 e. The van der Waals surface area contributed by atoms with E-state index in [-0.39, 0.29) is 23.8 Å². The fourth-order valence-electron chi connectivity index (χ4n) is 2.41. The minimum Gasteiger partial charge on any atom is -0.343 e. The second kappa shape index (κ2) is 7.44. The van der Waals surface area contributed by atoms with Crippen LogP contribution < -0.4 is 4.72 Å². The van der Waals surface area contributed by atoms with Crippen LogP contribution in [0.15, 0.2) is 29.2 Å². The summed E-state index contributed by atoms with van der Waals surface area (Å²) in [5.74, 6) is 0.665. The van der Waals surface area contributed by atoms with Gasteiger partial charge in [-0.2, -0.15) is 0 Å². The fourth-order valence-corrected chi connectivity index (χ4v) is 3.56. The van der Waals surface area contributed by atoms with E-state index in [9.17, 15) is 13.2 Å². The Hall–Kier alpha value is -1.11. The minimum absolute atomic E-state index is 0.00528. The number of hydrogen-bond acceptors (Lipinski definition) is 3. The Labute approximate surface area is 136 Å². The normalized spacial score (nSPS) is 16.7. The van der Waals surface area contributed by atoms with Crippen LogP contribution in [0.1, 0.15) is 26.2 Å². The zero-order chi connectivity index (χ0) is 16.2. The van der Waals surface area contributed by atoms with Gasteiger partial charge >= 0.3 is 0 Å². The van der Waals surface area contributed by atoms with Crippen LogP contribution in [-0.2, 0) is 14.8 Å². The van der Waals surface area contributed by atoms with E-state index in [1.54, 1.807) is 0 Å². The van der Waals surface area contributed by atoms with Gasteiger partial charge in [0.1, 0.15) is 0 Å². The van der Waals surface area contributed by atoms with Crippen LogP contribution in [0.2, 0.25) is 5.02 Å². The van der Waals surface area contributed by atoms with Gasteiger partial charge in [0, 0.05) is 31.1 Å². The number of rotatable bonds is 5. The predicted octanol–water partition coefficient (Wildman–Crippen LogP) is 2.27. The number of sulfonamides is 1. The maximum Gasteiger partial charge on any atom is 0.240 e. The first-order chi connectivity index (χ1) is 10.4. The Morgan fingerprint density at radius 3 is 2.45 bits per heavy atom. The molecule has 0 unspecified atom stereocenters. The van der Waals surface area contributed by atoms with Crippen molar-refractivity contribution in [1.29, 1.82) is 0 Å². The summed E-state index contributed by atoms with van der Waals surface area (Å²) in [6.07, 6.45) is 2.21. The molecule has 0 radical (unpaired) electrons. The number of piperidine rings is 1. The molecule has 0 atom stereocenters. The van der Waals surface area contributed by atoms with Crippen molar-refractivity contribution in [2.45, 2.75) is 31.1 Å². The highest BCUT2D eigenvalue weighted by atomic mass is 35.5. The number of halogens is 1. The molecule has 0 aromatic heterocycles. The Morgan fingerprint density at radius 1 is 1.27 bits per heavy atom. The smallest absolute Gasteiger partial charge is 0.240 e. The van der Waals surface area contributed by atoms with Gasteiger partial charge in [-0.25, -0.2) is 13.1 Å². The molecule has 7 heteroatoms. The molecule has 5 nitrogen and oxygen atoms in total. The molecule has 0 bridgehead atoms. The summed E-state index contributed by atoms with van der Waals surface area (Å²) in [6.45, 7) is 3.83. The molecule has 0 spiro atoms. The monoisotopic (exact) mass is 344 g/mol. The molecule has 1 aliphatic rings. The summed E-state index contributed by atoms with van der Waals surface area (Å²) in [5.41, 5.74) is 0. The van der Waals surface area contributed by atoms with Gasteiger partial charge in [0.15, 0.2) is 0 Å². The van der Waals surface area contributed by atoms with Crippen LogP contribution in [0.25, 0.3) is 0 Å². The third-order valence-corrected chi connectivity index (χ3v) is 5.62. The van der Waals surface area contributed by atoms with Crippen molar-refractivity contribution in [3.8, 4) is 0 Å². The van der Waals surface area contributed by atoms with E-state index in [1.165, 1.54) is 24.3 Å². The lowest BCUT2D eigenvalue weighted by atomic mass is 9.99. The number of amides is 1. The minimum atomic E-state index is -3.59. The fraction of sp³-hybridized carbons (Fsp3) is 0.533. The summed E-state index contributed by atoms with van der Waals surface area (Å²) in [5, 5.41) is 0.480. The van der Waals surface area contributed by atoms with Crippen LogP contribution >= 0.6 is 11.6 Å². The van der Waals surface area contributed by atoms with Gasteiger partial charge in [-0.15, -0.1) is 0 Å². The average Bonchev–Trinajstić information content (AvgIpc) is 2.48. The molecule has 1 amide bonds. The molecule has 1 aromatic rings. The van der Waals surface area contributed by atoms with Crippen molar-refractivity contribution >= 4 is 27.5 Å². The van der Waals surface area contributed by atoms with Gasteiger partial charge in [0.05, 0.1) is 4.90 Å². The van der Waals surface area contributed by atoms with E-state index < -0.39 is 10.0 Å². The highest BCUT2D eigenvalue weighted by Gasteiger charge is 2.20. The van der Waals surface area contributed by atoms with Gasteiger partial charge in [-0.05, 0) is 43.0 Å². The molecule has 1 aliphatic heterocycles. The van der Waals surface area contributed by atoms with Gasteiger partial charge in [-0.1, -0.05) is 18.5 Å². The molecule has 0 aliphatic carbocycles. The van der Waals surface area contributed by atoms with E-state index >= 15 is 0 Å². The summed E-state index contributed by atoms with van der Waals surface area (Å²) < 4.78 is 26.6. The molecular formula is C15H21ClN2O3S. The number of hydrogen-bond donors (Lipinski definition) is 1. The topological polar surface area (TPSA) is 66.5 Å². The Balaban J connectivity index is 1.82. The lowest BCUT2D eigenvalue weighted by molar-refractivity contribution is -0.132. The Kier molecular flexibility index (Phi) is 5.83. The van der Waals surface area contributed by atoms with Crippen molar-refractivity contribution in [2.75, 3.05) is 19.6 Å². The first-order valence-corrected chi connectivity index (χ1v) is 9.27. The van der Waals surface area contributed by atoms with E-state index in [4.69, 9.17) is 11.6 Å². The second-order valence-corrected chi connectivity index (χ2v) is 7.87. The van der Waals surface area contributed by atoms with Crippen molar-refractivity contribution in [1.82, 2.24) is 9.62 Å². The first kappa shape index (κ1) is 17.2. The Morgan fingerprint density at radius 2 is 1.86 bits per heavy atom. The quantitative estimate of drug-likeness (QED) is 0.891. The zero-order valence-electron chi connectivity index (χ0n) is 12.6. The van der Waals surface area contributed by atoms with E-state index in [1.807, 2.05) is 4.90 Å². The van der Waals surface area contributed by atoms with Crippen LogP contribution in [0.3, 0.4) is 0 Å². The van der Waals surface area contributed by atoms with E-state index in [2.05, 4.69) is 11.6 Å². The first-order valence-electron chi connectivity index (χ1n) is 7.41. The van der Waals surface area contributed by atoms with Gasteiger partial charge in [0.25, 0.3) is 0 Å². The average molecular weight is 345 g/mol. The number of carbonyl (C=O) groups is 1. The molecule has 122 valence electrons. The summed E-state index contributed by atoms with van der Waals surface area (Å²) >= 11 is 5.74. The van der Waals surface area contributed by atoms with E-state index in [0.717, 1.165) is 25.9 Å². The van der Waals surface area contributed by atoms with Crippen LogP contribution in [0, 0.1) is 5.92 Å². The van der Waals surface area contributed by atoms with Crippen molar-refractivity contribution < 1.29 is 13.2 Å². The number of carbonyl (C=O) groups excluding carboxylic acids is 1. The molecular weight excluding hydrogens is 324 g/mol. The summed E-state index contributed by atoms with van der Waals surface area (Å²) in [6, 6.07) is 5.93. The molecule has 0 saturated carbocycles. The molecule has 22 heavy (non-hydrogen) atoms. The van der Waals surface area contributed by atoms with Gasteiger partial charge < -0.3 is 4.90 Å². The number of nitrogens with one attached hydrogen (secondary N) is 1. The lowest BCUT2D eigenvalue weighted by Crippen LogP contribution is -2.39. The second-order valence-electron chi connectivity index (χ2n) is 5.67. The number of benzene rings is 1. The van der Waals surface area contributed by atoms with Gasteiger partial charge in [-0.3, -0.25) is 4.79 Å². The van der Waals surface area contributed by atoms with Crippen molar-refractivity contribution in [3.63, 3.8) is 0 Å². The SMILES string of the molecule is CC1CCN(C(=O)CCNS(=O)(=O)c2ccc(Cl)cc2)CC1. The highest BCUT2D eigenvalue weighted by Crippen LogP contribution is 2.17. The number of likely N-dealkylation sites (tertiary alicyclic amines) is 1. The van der Waals surface area contributed by atoms with Crippen LogP contribution in [0.5, 0.6) is 0 Å². The summed E-state index contributed by atoms with van der Waals surface area (Å²) in [4.78, 5) is 14.0. The summed E-state index contributed by atoms with van der Waals surface area (Å²) in [7, 11) is -3.59. The molecule has 1 aromatic carbocycles. The van der Waals surface area contributed by atoms with E-state index in [0.29, 0.717) is 10.9 Å². The predicted molar refractivity (Wildman–Crippen MR) is 86.2 cm³/mol.